The van der Waals surface area contributed by atoms with Gasteiger partial charge in [0.2, 0.25) is 0 Å². The molecule has 2 saturated heterocycles. The van der Waals surface area contributed by atoms with Gasteiger partial charge in [0, 0.05) is 101 Å². The molecule has 14 heteroatoms. The first-order chi connectivity index (χ1) is 36.9. The second-order valence-electron chi connectivity index (χ2n) is 23.7. The first kappa shape index (κ1) is 50.5. The van der Waals surface area contributed by atoms with Gasteiger partial charge < -0.3 is 50.8 Å². The lowest BCUT2D eigenvalue weighted by Gasteiger charge is -2.41. The van der Waals surface area contributed by atoms with Gasteiger partial charge in [-0.2, -0.15) is 0 Å². The van der Waals surface area contributed by atoms with E-state index in [9.17, 15) is 19.8 Å². The number of nitrogens with two attached hydrogens (primary N) is 1. The van der Waals surface area contributed by atoms with Crippen LogP contribution in [0.3, 0.4) is 0 Å². The zero-order valence-corrected chi connectivity index (χ0v) is 45.7. The van der Waals surface area contributed by atoms with E-state index in [0.29, 0.717) is 60.8 Å². The number of ether oxygens (including phenoxy) is 4. The summed E-state index contributed by atoms with van der Waals surface area (Å²) in [6.45, 7) is 3.70. The number of carbonyl (C=O) groups excluding carboxylic acids is 2. The van der Waals surface area contributed by atoms with Crippen molar-refractivity contribution in [3.63, 3.8) is 0 Å². The predicted molar refractivity (Wildman–Crippen MR) is 299 cm³/mol. The SMILES string of the molecule is CCC1=CC2=C(C#CCc3c(C4CCC5CC(=O)CCC5N4)c(O)c4c(c3C3Oc5c(ccc6c5C5(CCC(C2)C5)Cc2cc(O)cc(OC)c2-6)C3COC(C)=O)C=CC2NC3CCCC(CSSCC2O4)C3)NC1N. The van der Waals surface area contributed by atoms with E-state index < -0.39 is 12.0 Å². The molecule has 6 bridgehead atoms. The van der Waals surface area contributed by atoms with Gasteiger partial charge in [0.05, 0.1) is 30.9 Å². The lowest BCUT2D eigenvalue weighted by Crippen LogP contribution is -2.49. The highest BCUT2D eigenvalue weighted by molar-refractivity contribution is 8.76. The Morgan fingerprint density at radius 1 is 1.00 bits per heavy atom. The Bertz CT molecular complexity index is 3050. The standard InChI is InChI=1S/C62H72N4O8S2/c1-4-35-23-37-21-33-19-20-62(27-33)28-38-25-41(69)26-51(71-3)53(38)44-14-13-42-46(29-72-32(2)67)58(74-59(42)56(44)62)54-43(9-6-10-47(37)66-61(35)63)55(50-16-11-36-24-40(68)12-17-48(36)65-50)57(70)60-45(54)15-18-49-52(73-60)31-76-75-30-34-7-5-8-39(22-34)64-49/h13-15,18,23,25-26,33-34,36,39,46,48-50,52,58,61,64-66,69-70H,4-5,7-9,11-12,16-17,19-22,24,27-31,63H2,1-3H3. The molecule has 6 heterocycles. The number of rotatable bonds is 5. The number of phenolic OH excluding ortho intramolecular Hbond substituents is 2. The molecule has 6 aliphatic heterocycles. The number of ketones is 1. The molecule has 12 unspecified atom stereocenters. The number of piperidine rings is 1. The maximum Gasteiger partial charge on any atom is 0.302 e. The summed E-state index contributed by atoms with van der Waals surface area (Å²) in [5, 5.41) is 36.4. The molecule has 5 fully saturated rings. The quantitative estimate of drug-likeness (QED) is 0.0809. The third-order valence-corrected chi connectivity index (χ3v) is 21.7. The van der Waals surface area contributed by atoms with Crippen molar-refractivity contribution < 1.29 is 38.7 Å². The van der Waals surface area contributed by atoms with Crippen LogP contribution in [0.15, 0.2) is 53.3 Å². The molecule has 1 spiro atoms. The van der Waals surface area contributed by atoms with Crippen LogP contribution in [0.25, 0.3) is 17.2 Å². The van der Waals surface area contributed by atoms with E-state index in [1.54, 1.807) is 13.2 Å². The number of Topliss-reactive ketones (excluding diaryl/α,β-unsaturated/α-hetero) is 1. The first-order valence-electron chi connectivity index (χ1n) is 28.3. The molecule has 0 amide bonds. The summed E-state index contributed by atoms with van der Waals surface area (Å²) < 4.78 is 27.6. The number of dihydropyridines is 1. The molecule has 4 aliphatic carbocycles. The van der Waals surface area contributed by atoms with Gasteiger partial charge >= 0.3 is 5.97 Å². The van der Waals surface area contributed by atoms with Crippen LogP contribution in [0, 0.1) is 29.6 Å². The van der Waals surface area contributed by atoms with Crippen molar-refractivity contribution in [2.75, 3.05) is 25.2 Å². The first-order valence-corrected chi connectivity index (χ1v) is 30.8. The zero-order valence-electron chi connectivity index (χ0n) is 44.1. The minimum Gasteiger partial charge on any atom is -0.508 e. The van der Waals surface area contributed by atoms with Crippen LogP contribution in [-0.4, -0.2) is 77.6 Å². The predicted octanol–water partition coefficient (Wildman–Crippen LogP) is 10.4. The molecule has 0 aromatic heterocycles. The van der Waals surface area contributed by atoms with Gasteiger partial charge in [-0.05, 0) is 135 Å². The summed E-state index contributed by atoms with van der Waals surface area (Å²) in [6.07, 6.45) is 18.9. The Morgan fingerprint density at radius 2 is 1.88 bits per heavy atom. The number of benzene rings is 3. The molecular weight excluding hydrogens is 993 g/mol. The van der Waals surface area contributed by atoms with E-state index in [1.165, 1.54) is 19.8 Å². The van der Waals surface area contributed by atoms with Gasteiger partial charge in [0.25, 0.3) is 0 Å². The Labute approximate surface area is 454 Å². The highest BCUT2D eigenvalue weighted by Crippen LogP contribution is 2.64. The van der Waals surface area contributed by atoms with Crippen LogP contribution < -0.4 is 35.9 Å². The summed E-state index contributed by atoms with van der Waals surface area (Å²) >= 11 is 0. The molecule has 3 aromatic rings. The zero-order chi connectivity index (χ0) is 52.0. The van der Waals surface area contributed by atoms with Gasteiger partial charge in [-0.15, -0.1) is 0 Å². The van der Waals surface area contributed by atoms with Crippen LogP contribution >= 0.6 is 21.6 Å². The lowest BCUT2D eigenvalue weighted by molar-refractivity contribution is -0.142. The van der Waals surface area contributed by atoms with Crippen molar-refractivity contribution in [3.8, 4) is 51.7 Å². The number of phenols is 2. The third-order valence-electron chi connectivity index (χ3n) is 19.2. The second kappa shape index (κ2) is 20.3. The Morgan fingerprint density at radius 3 is 2.74 bits per heavy atom. The lowest BCUT2D eigenvalue weighted by atomic mass is 9.65. The van der Waals surface area contributed by atoms with Crippen LogP contribution in [0.4, 0.5) is 0 Å². The van der Waals surface area contributed by atoms with E-state index >= 15 is 0 Å². The summed E-state index contributed by atoms with van der Waals surface area (Å²) in [5.41, 5.74) is 18.1. The molecular formula is C62H72N4O8S2. The van der Waals surface area contributed by atoms with Gasteiger partial charge in [-0.25, -0.2) is 0 Å². The van der Waals surface area contributed by atoms with E-state index in [0.717, 1.165) is 142 Å². The summed E-state index contributed by atoms with van der Waals surface area (Å²) in [4.78, 5) is 25.9. The fourth-order valence-corrected chi connectivity index (χ4v) is 18.3. The summed E-state index contributed by atoms with van der Waals surface area (Å²) in [5.74, 6) is 12.1. The number of esters is 1. The third kappa shape index (κ3) is 8.92. The second-order valence-corrected chi connectivity index (χ2v) is 26.3. The van der Waals surface area contributed by atoms with Crippen molar-refractivity contribution in [3.05, 3.63) is 92.2 Å². The highest BCUT2D eigenvalue weighted by Gasteiger charge is 2.52. The number of nitrogens with one attached hydrogen (secondary N) is 3. The number of carbonyl (C=O) groups is 2. The average Bonchev–Trinajstić information content (AvgIpc) is 3.99. The molecule has 400 valence electrons. The monoisotopic (exact) mass is 1060 g/mol. The highest BCUT2D eigenvalue weighted by atomic mass is 33.1. The van der Waals surface area contributed by atoms with Crippen LogP contribution in [0.1, 0.15) is 161 Å². The van der Waals surface area contributed by atoms with Crippen molar-refractivity contribution in [1.82, 2.24) is 16.0 Å². The Balaban J connectivity index is 1.07. The van der Waals surface area contributed by atoms with Crippen molar-refractivity contribution in [1.29, 1.82) is 0 Å². The molecule has 13 rings (SSSR count). The van der Waals surface area contributed by atoms with Crippen molar-refractivity contribution >= 4 is 39.4 Å². The van der Waals surface area contributed by atoms with Crippen LogP contribution in [0.5, 0.6) is 28.7 Å². The summed E-state index contributed by atoms with van der Waals surface area (Å²) in [7, 11) is 5.47. The fourth-order valence-electron chi connectivity index (χ4n) is 15.7. The molecule has 12 nitrogen and oxygen atoms in total. The van der Waals surface area contributed by atoms with Crippen LogP contribution in [0.2, 0.25) is 0 Å². The van der Waals surface area contributed by atoms with E-state index in [-0.39, 0.29) is 72.2 Å². The molecule has 3 saturated carbocycles. The topological polar surface area (TPSA) is 174 Å². The van der Waals surface area contributed by atoms with Gasteiger partial charge in [0.1, 0.15) is 41.8 Å². The Hall–Kier alpha value is -5.04. The maximum absolute atomic E-state index is 13.4. The van der Waals surface area contributed by atoms with Crippen molar-refractivity contribution in [2.24, 2.45) is 23.5 Å². The number of allylic oxidation sites excluding steroid dienone is 3. The summed E-state index contributed by atoms with van der Waals surface area (Å²) in [6, 6.07) is 8.08. The fraction of sp³-hybridized carbons (Fsp3) is 0.548. The smallest absolute Gasteiger partial charge is 0.302 e. The van der Waals surface area contributed by atoms with E-state index in [1.807, 2.05) is 27.7 Å². The number of aromatic hydroxyl groups is 2. The van der Waals surface area contributed by atoms with Gasteiger partial charge in [0.15, 0.2) is 11.5 Å². The molecule has 12 atom stereocenters. The van der Waals surface area contributed by atoms with Gasteiger partial charge in [-0.1, -0.05) is 71.2 Å². The van der Waals surface area contributed by atoms with E-state index in [2.05, 4.69) is 65.1 Å². The maximum atomic E-state index is 13.4. The number of methoxy groups -OCH3 is 1. The molecule has 76 heavy (non-hydrogen) atoms. The molecule has 0 radical (unpaired) electrons. The van der Waals surface area contributed by atoms with Crippen molar-refractivity contribution in [2.45, 2.75) is 170 Å². The van der Waals surface area contributed by atoms with Crippen LogP contribution in [-0.2, 0) is 32.6 Å². The minimum absolute atomic E-state index is 0.0724. The number of hydrogen-bond donors (Lipinski definition) is 6. The largest absolute Gasteiger partial charge is 0.508 e. The molecule has 3 aromatic carbocycles. The Kier molecular flexibility index (Phi) is 13.5. The molecule has 7 N–H and O–H groups in total. The van der Waals surface area contributed by atoms with Gasteiger partial charge in [-0.3, -0.25) is 9.59 Å². The minimum atomic E-state index is -0.690. The normalized spacial score (nSPS) is 32.9. The van der Waals surface area contributed by atoms with E-state index in [4.69, 9.17) is 24.7 Å². The molecule has 10 aliphatic rings. The average molecular weight is 1070 g/mol. The number of hydrogen-bond acceptors (Lipinski definition) is 14. The number of fused-ring (bicyclic) bond motifs is 12.